The number of nitrogens with zero attached hydrogens (tertiary/aromatic N) is 2. The SMILES string of the molecule is CNCC1CCCN1C(=O)c1cccc(NC(=O)c2ccc3nc[nH]c3c2)c1. The Labute approximate surface area is 163 Å². The number of likely N-dealkylation sites (N-methyl/N-ethyl adjacent to an activating group) is 1. The van der Waals surface area contributed by atoms with E-state index >= 15 is 0 Å². The summed E-state index contributed by atoms with van der Waals surface area (Å²) in [5.41, 5.74) is 3.34. The van der Waals surface area contributed by atoms with Crippen molar-refractivity contribution in [3.8, 4) is 0 Å². The van der Waals surface area contributed by atoms with Crippen LogP contribution in [0.5, 0.6) is 0 Å². The summed E-state index contributed by atoms with van der Waals surface area (Å²) in [5.74, 6) is -0.219. The maximum Gasteiger partial charge on any atom is 0.255 e. The molecule has 2 amide bonds. The molecular weight excluding hydrogens is 354 g/mol. The van der Waals surface area contributed by atoms with Crippen LogP contribution in [0.3, 0.4) is 0 Å². The molecule has 2 aromatic carbocycles. The summed E-state index contributed by atoms with van der Waals surface area (Å²) in [6.07, 6.45) is 3.63. The van der Waals surface area contributed by atoms with Gasteiger partial charge in [0.15, 0.2) is 0 Å². The predicted octanol–water partition coefficient (Wildman–Crippen LogP) is 2.64. The fraction of sp³-hybridized carbons (Fsp3) is 0.286. The molecule has 3 N–H and O–H groups in total. The molecule has 2 heterocycles. The second-order valence-corrected chi connectivity index (χ2v) is 7.02. The van der Waals surface area contributed by atoms with Gasteiger partial charge in [-0.15, -0.1) is 0 Å². The van der Waals surface area contributed by atoms with Gasteiger partial charge in [0.2, 0.25) is 0 Å². The number of anilines is 1. The zero-order valence-corrected chi connectivity index (χ0v) is 15.7. The number of nitrogens with one attached hydrogen (secondary N) is 3. The molecule has 0 bridgehead atoms. The average molecular weight is 377 g/mol. The van der Waals surface area contributed by atoms with Gasteiger partial charge in [0, 0.05) is 35.9 Å². The van der Waals surface area contributed by atoms with Crippen LogP contribution in [0.25, 0.3) is 11.0 Å². The van der Waals surface area contributed by atoms with Crippen LogP contribution in [0.4, 0.5) is 5.69 Å². The average Bonchev–Trinajstić information content (AvgIpc) is 3.36. The van der Waals surface area contributed by atoms with Crippen molar-refractivity contribution in [2.45, 2.75) is 18.9 Å². The van der Waals surface area contributed by atoms with Crippen LogP contribution in [0.15, 0.2) is 48.8 Å². The van der Waals surface area contributed by atoms with E-state index in [4.69, 9.17) is 0 Å². The quantitative estimate of drug-likeness (QED) is 0.638. The summed E-state index contributed by atoms with van der Waals surface area (Å²) in [7, 11) is 1.90. The first-order valence-corrected chi connectivity index (χ1v) is 9.46. The molecule has 28 heavy (non-hydrogen) atoms. The van der Waals surface area contributed by atoms with E-state index in [2.05, 4.69) is 20.6 Å². The Bertz CT molecular complexity index is 1010. The van der Waals surface area contributed by atoms with E-state index in [0.717, 1.165) is 37.0 Å². The lowest BCUT2D eigenvalue weighted by Crippen LogP contribution is -2.40. The van der Waals surface area contributed by atoms with Crippen LogP contribution < -0.4 is 10.6 Å². The standard InChI is InChI=1S/C21H23N5O2/c1-22-12-17-6-3-9-26(17)21(28)15-4-2-5-16(10-15)25-20(27)14-7-8-18-19(11-14)24-13-23-18/h2,4-5,7-8,10-11,13,17,22H,3,6,9,12H2,1H3,(H,23,24)(H,25,27). The number of rotatable bonds is 5. The van der Waals surface area contributed by atoms with Crippen LogP contribution >= 0.6 is 0 Å². The molecule has 0 spiro atoms. The van der Waals surface area contributed by atoms with Crippen molar-refractivity contribution in [3.05, 3.63) is 59.9 Å². The van der Waals surface area contributed by atoms with E-state index in [1.807, 2.05) is 11.9 Å². The molecule has 144 valence electrons. The largest absolute Gasteiger partial charge is 0.345 e. The fourth-order valence-electron chi connectivity index (χ4n) is 3.73. The highest BCUT2D eigenvalue weighted by atomic mass is 16.2. The minimum absolute atomic E-state index is 0.00716. The summed E-state index contributed by atoms with van der Waals surface area (Å²) in [5, 5.41) is 6.04. The molecule has 1 saturated heterocycles. The Morgan fingerprint density at radius 2 is 2.11 bits per heavy atom. The highest BCUT2D eigenvalue weighted by molar-refractivity contribution is 6.06. The van der Waals surface area contributed by atoms with E-state index in [9.17, 15) is 9.59 Å². The summed E-state index contributed by atoms with van der Waals surface area (Å²) >= 11 is 0. The lowest BCUT2D eigenvalue weighted by molar-refractivity contribution is 0.0736. The number of hydrogen-bond acceptors (Lipinski definition) is 4. The Hall–Kier alpha value is -3.19. The topological polar surface area (TPSA) is 90.1 Å². The van der Waals surface area contributed by atoms with Gasteiger partial charge >= 0.3 is 0 Å². The molecule has 0 saturated carbocycles. The van der Waals surface area contributed by atoms with Gasteiger partial charge in [-0.1, -0.05) is 6.07 Å². The van der Waals surface area contributed by atoms with Crippen molar-refractivity contribution < 1.29 is 9.59 Å². The summed E-state index contributed by atoms with van der Waals surface area (Å²) in [6, 6.07) is 12.6. The Morgan fingerprint density at radius 1 is 1.21 bits per heavy atom. The van der Waals surface area contributed by atoms with E-state index < -0.39 is 0 Å². The highest BCUT2D eigenvalue weighted by Crippen LogP contribution is 2.21. The van der Waals surface area contributed by atoms with Gasteiger partial charge in [0.1, 0.15) is 0 Å². The summed E-state index contributed by atoms with van der Waals surface area (Å²) in [4.78, 5) is 34.6. The second-order valence-electron chi connectivity index (χ2n) is 7.02. The van der Waals surface area contributed by atoms with Crippen LogP contribution in [0.2, 0.25) is 0 Å². The number of imidazole rings is 1. The van der Waals surface area contributed by atoms with Gasteiger partial charge in [0.25, 0.3) is 11.8 Å². The number of likely N-dealkylation sites (tertiary alicyclic amines) is 1. The van der Waals surface area contributed by atoms with Gasteiger partial charge in [-0.2, -0.15) is 0 Å². The normalized spacial score (nSPS) is 16.5. The van der Waals surface area contributed by atoms with Crippen LogP contribution in [-0.4, -0.2) is 52.9 Å². The lowest BCUT2D eigenvalue weighted by atomic mass is 10.1. The Balaban J connectivity index is 1.50. The summed E-state index contributed by atoms with van der Waals surface area (Å²) < 4.78 is 0. The molecule has 7 nitrogen and oxygen atoms in total. The first kappa shape index (κ1) is 18.2. The Kier molecular flexibility index (Phi) is 5.08. The van der Waals surface area contributed by atoms with Crippen molar-refractivity contribution in [1.29, 1.82) is 0 Å². The van der Waals surface area contributed by atoms with Gasteiger partial charge in [0.05, 0.1) is 17.4 Å². The van der Waals surface area contributed by atoms with Crippen molar-refractivity contribution in [2.75, 3.05) is 25.5 Å². The first-order valence-electron chi connectivity index (χ1n) is 9.46. The molecule has 7 heteroatoms. The smallest absolute Gasteiger partial charge is 0.255 e. The lowest BCUT2D eigenvalue weighted by Gasteiger charge is -2.24. The van der Waals surface area contributed by atoms with Gasteiger partial charge in [-0.3, -0.25) is 9.59 Å². The second kappa shape index (κ2) is 7.82. The number of amides is 2. The van der Waals surface area contributed by atoms with Crippen molar-refractivity contribution >= 4 is 28.5 Å². The number of benzene rings is 2. The van der Waals surface area contributed by atoms with Crippen molar-refractivity contribution in [1.82, 2.24) is 20.2 Å². The monoisotopic (exact) mass is 377 g/mol. The van der Waals surface area contributed by atoms with E-state index in [-0.39, 0.29) is 17.9 Å². The molecule has 4 rings (SSSR count). The van der Waals surface area contributed by atoms with E-state index in [1.54, 1.807) is 48.8 Å². The zero-order chi connectivity index (χ0) is 19.5. The fourth-order valence-corrected chi connectivity index (χ4v) is 3.73. The highest BCUT2D eigenvalue weighted by Gasteiger charge is 2.28. The van der Waals surface area contributed by atoms with Crippen LogP contribution in [0, 0.1) is 0 Å². The third-order valence-electron chi connectivity index (χ3n) is 5.13. The molecule has 1 aromatic heterocycles. The molecule has 0 radical (unpaired) electrons. The summed E-state index contributed by atoms with van der Waals surface area (Å²) in [6.45, 7) is 1.56. The predicted molar refractivity (Wildman–Crippen MR) is 108 cm³/mol. The third-order valence-corrected chi connectivity index (χ3v) is 5.13. The van der Waals surface area contributed by atoms with Crippen molar-refractivity contribution in [3.63, 3.8) is 0 Å². The van der Waals surface area contributed by atoms with E-state index in [0.29, 0.717) is 16.8 Å². The van der Waals surface area contributed by atoms with Crippen LogP contribution in [0.1, 0.15) is 33.6 Å². The first-order chi connectivity index (χ1) is 13.7. The molecule has 1 aliphatic rings. The molecule has 1 aliphatic heterocycles. The molecule has 0 aliphatic carbocycles. The number of fused-ring (bicyclic) bond motifs is 1. The number of carbonyl (C=O) groups is 2. The maximum atomic E-state index is 12.9. The van der Waals surface area contributed by atoms with Crippen LogP contribution in [-0.2, 0) is 0 Å². The molecule has 1 unspecified atom stereocenters. The number of H-pyrrole nitrogens is 1. The minimum atomic E-state index is -0.227. The number of hydrogen-bond donors (Lipinski definition) is 3. The molecule has 3 aromatic rings. The van der Waals surface area contributed by atoms with Crippen molar-refractivity contribution in [2.24, 2.45) is 0 Å². The number of aromatic amines is 1. The van der Waals surface area contributed by atoms with Gasteiger partial charge in [-0.25, -0.2) is 4.98 Å². The Morgan fingerprint density at radius 3 is 2.96 bits per heavy atom. The van der Waals surface area contributed by atoms with Gasteiger partial charge in [-0.05, 0) is 56.3 Å². The third kappa shape index (κ3) is 3.61. The maximum absolute atomic E-state index is 12.9. The van der Waals surface area contributed by atoms with E-state index in [1.165, 1.54) is 0 Å². The number of carbonyl (C=O) groups excluding carboxylic acids is 2. The zero-order valence-electron chi connectivity index (χ0n) is 15.7. The number of aromatic nitrogens is 2. The molecular formula is C21H23N5O2. The molecule has 1 fully saturated rings. The molecule has 1 atom stereocenters. The minimum Gasteiger partial charge on any atom is -0.345 e. The van der Waals surface area contributed by atoms with Gasteiger partial charge < -0.3 is 20.5 Å².